The fraction of sp³-hybridized carbons (Fsp3) is 0.500. The van der Waals surface area contributed by atoms with Crippen molar-refractivity contribution in [3.63, 3.8) is 0 Å². The molecule has 0 saturated heterocycles. The minimum Gasteiger partial charge on any atom is -0.378 e. The van der Waals surface area contributed by atoms with Gasteiger partial charge in [0.15, 0.2) is 0 Å². The summed E-state index contributed by atoms with van der Waals surface area (Å²) in [6.07, 6.45) is 3.98. The zero-order chi connectivity index (χ0) is 12.5. The molecule has 1 aromatic heterocycles. The van der Waals surface area contributed by atoms with Crippen LogP contribution < -0.4 is 16.8 Å². The quantitative estimate of drug-likeness (QED) is 0.699. The summed E-state index contributed by atoms with van der Waals surface area (Å²) in [5.74, 6) is 0.0900. The van der Waals surface area contributed by atoms with Crippen LogP contribution in [0, 0.1) is 5.92 Å². The third-order valence-corrected chi connectivity index (χ3v) is 3.34. The molecular formula is C12H18N4O. The third kappa shape index (κ3) is 2.55. The smallest absolute Gasteiger partial charge is 0.267 e. The van der Waals surface area contributed by atoms with Crippen molar-refractivity contribution in [1.82, 2.24) is 4.98 Å². The highest BCUT2D eigenvalue weighted by Crippen LogP contribution is 2.40. The predicted molar refractivity (Wildman–Crippen MR) is 66.6 cm³/mol. The van der Waals surface area contributed by atoms with Crippen molar-refractivity contribution in [2.45, 2.75) is 25.3 Å². The zero-order valence-corrected chi connectivity index (χ0v) is 9.94. The minimum absolute atomic E-state index is 0.115. The first-order chi connectivity index (χ1) is 8.05. The third-order valence-electron chi connectivity index (χ3n) is 3.34. The number of hydrogen-bond acceptors (Lipinski definition) is 4. The minimum atomic E-state index is -0.519. The van der Waals surface area contributed by atoms with E-state index in [4.69, 9.17) is 11.5 Å². The Labute approximate surface area is 101 Å². The maximum Gasteiger partial charge on any atom is 0.267 e. The van der Waals surface area contributed by atoms with Gasteiger partial charge in [-0.15, -0.1) is 0 Å². The number of anilines is 1. The number of aromatic nitrogens is 1. The summed E-state index contributed by atoms with van der Waals surface area (Å²) in [7, 11) is 0. The van der Waals surface area contributed by atoms with E-state index in [1.807, 2.05) is 6.07 Å². The van der Waals surface area contributed by atoms with Crippen LogP contribution in [0.3, 0.4) is 0 Å². The monoisotopic (exact) mass is 234 g/mol. The summed E-state index contributed by atoms with van der Waals surface area (Å²) in [5.41, 5.74) is 12.0. The Kier molecular flexibility index (Phi) is 3.02. The number of pyridine rings is 1. The van der Waals surface area contributed by atoms with Gasteiger partial charge in [0.1, 0.15) is 5.69 Å². The molecule has 5 N–H and O–H groups in total. The van der Waals surface area contributed by atoms with Crippen LogP contribution in [-0.2, 0) is 0 Å². The molecule has 17 heavy (non-hydrogen) atoms. The number of nitrogens with zero attached hydrogens (tertiary/aromatic N) is 1. The van der Waals surface area contributed by atoms with E-state index in [0.717, 1.165) is 5.69 Å². The number of carbonyl (C=O) groups excluding carboxylic acids is 1. The van der Waals surface area contributed by atoms with Gasteiger partial charge in [-0.2, -0.15) is 0 Å². The molecule has 92 valence electrons. The molecule has 1 heterocycles. The number of rotatable bonds is 5. The molecule has 5 heteroatoms. The van der Waals surface area contributed by atoms with Crippen LogP contribution >= 0.6 is 0 Å². The van der Waals surface area contributed by atoms with E-state index in [1.165, 1.54) is 12.8 Å². The van der Waals surface area contributed by atoms with Gasteiger partial charge in [0.05, 0.1) is 0 Å². The summed E-state index contributed by atoms with van der Waals surface area (Å²) in [5, 5.41) is 3.39. The van der Waals surface area contributed by atoms with Crippen LogP contribution in [0.5, 0.6) is 0 Å². The second kappa shape index (κ2) is 4.33. The van der Waals surface area contributed by atoms with E-state index in [9.17, 15) is 4.79 Å². The molecule has 1 fully saturated rings. The normalized spacial score (nSPS) is 18.5. The average molecular weight is 234 g/mol. The highest BCUT2D eigenvalue weighted by atomic mass is 16.1. The van der Waals surface area contributed by atoms with Gasteiger partial charge < -0.3 is 16.8 Å². The number of amides is 1. The van der Waals surface area contributed by atoms with Crippen molar-refractivity contribution in [3.8, 4) is 0 Å². The largest absolute Gasteiger partial charge is 0.378 e. The summed E-state index contributed by atoms with van der Waals surface area (Å²) >= 11 is 0. The topological polar surface area (TPSA) is 94.0 Å². The van der Waals surface area contributed by atoms with E-state index in [2.05, 4.69) is 17.2 Å². The molecule has 1 aliphatic rings. The van der Waals surface area contributed by atoms with E-state index < -0.39 is 5.91 Å². The van der Waals surface area contributed by atoms with Crippen molar-refractivity contribution < 1.29 is 4.79 Å². The molecule has 2 rings (SSSR count). The summed E-state index contributed by atoms with van der Waals surface area (Å²) < 4.78 is 0. The lowest BCUT2D eigenvalue weighted by Crippen LogP contribution is -2.44. The molecule has 0 aromatic carbocycles. The first-order valence-corrected chi connectivity index (χ1v) is 5.79. The number of primary amides is 1. The van der Waals surface area contributed by atoms with Crippen LogP contribution in [0.4, 0.5) is 5.69 Å². The second-order valence-corrected chi connectivity index (χ2v) is 4.81. The molecule has 5 nitrogen and oxygen atoms in total. The molecule has 0 aliphatic heterocycles. The fourth-order valence-corrected chi connectivity index (χ4v) is 2.01. The Bertz CT molecular complexity index is 430. The number of nitrogens with two attached hydrogens (primary N) is 2. The molecule has 1 amide bonds. The molecule has 1 unspecified atom stereocenters. The van der Waals surface area contributed by atoms with Gasteiger partial charge in [-0.05, 0) is 37.8 Å². The highest BCUT2D eigenvalue weighted by Gasteiger charge is 2.40. The van der Waals surface area contributed by atoms with Crippen molar-refractivity contribution in [2.75, 3.05) is 11.9 Å². The SMILES string of the molecule is CC(CN)(Nc1ccnc(C(N)=O)c1)C1CC1. The van der Waals surface area contributed by atoms with Crippen molar-refractivity contribution in [1.29, 1.82) is 0 Å². The van der Waals surface area contributed by atoms with Crippen molar-refractivity contribution in [2.24, 2.45) is 17.4 Å². The molecule has 1 saturated carbocycles. The summed E-state index contributed by atoms with van der Waals surface area (Å²) in [6, 6.07) is 3.49. The van der Waals surface area contributed by atoms with Crippen LogP contribution in [0.2, 0.25) is 0 Å². The van der Waals surface area contributed by atoms with Gasteiger partial charge in [-0.3, -0.25) is 9.78 Å². The number of nitrogens with one attached hydrogen (secondary N) is 1. The van der Waals surface area contributed by atoms with Gasteiger partial charge >= 0.3 is 0 Å². The van der Waals surface area contributed by atoms with Crippen molar-refractivity contribution in [3.05, 3.63) is 24.0 Å². The molecule has 0 bridgehead atoms. The van der Waals surface area contributed by atoms with Gasteiger partial charge in [0.2, 0.25) is 0 Å². The van der Waals surface area contributed by atoms with Crippen molar-refractivity contribution >= 4 is 11.6 Å². The number of hydrogen-bond donors (Lipinski definition) is 3. The average Bonchev–Trinajstić information content (AvgIpc) is 3.13. The van der Waals surface area contributed by atoms with Crippen LogP contribution in [0.25, 0.3) is 0 Å². The fourth-order valence-electron chi connectivity index (χ4n) is 2.01. The second-order valence-electron chi connectivity index (χ2n) is 4.81. The maximum absolute atomic E-state index is 11.0. The van der Waals surface area contributed by atoms with Gasteiger partial charge in [0, 0.05) is 24.0 Å². The molecule has 0 spiro atoms. The van der Waals surface area contributed by atoms with E-state index in [0.29, 0.717) is 12.5 Å². The Hall–Kier alpha value is -1.62. The molecule has 0 radical (unpaired) electrons. The van der Waals surface area contributed by atoms with Crippen LogP contribution in [0.1, 0.15) is 30.3 Å². The van der Waals surface area contributed by atoms with Crippen LogP contribution in [-0.4, -0.2) is 23.0 Å². The Morgan fingerprint density at radius 1 is 1.65 bits per heavy atom. The Balaban J connectivity index is 2.17. The van der Waals surface area contributed by atoms with Gasteiger partial charge in [-0.25, -0.2) is 0 Å². The Morgan fingerprint density at radius 2 is 2.35 bits per heavy atom. The first kappa shape index (κ1) is 11.9. The first-order valence-electron chi connectivity index (χ1n) is 5.79. The standard InChI is InChI=1S/C12H18N4O/c1-12(7-13,8-2-3-8)16-9-4-5-15-10(6-9)11(14)17/h4-6,8H,2-3,7,13H2,1H3,(H2,14,17)(H,15,16). The molecule has 1 aromatic rings. The lowest BCUT2D eigenvalue weighted by Gasteiger charge is -2.30. The summed E-state index contributed by atoms with van der Waals surface area (Å²) in [4.78, 5) is 15.0. The zero-order valence-electron chi connectivity index (χ0n) is 9.94. The highest BCUT2D eigenvalue weighted by molar-refractivity contribution is 5.91. The van der Waals surface area contributed by atoms with Gasteiger partial charge in [0.25, 0.3) is 5.91 Å². The predicted octanol–water partition coefficient (Wildman–Crippen LogP) is 0.720. The number of carbonyl (C=O) groups is 1. The lowest BCUT2D eigenvalue weighted by molar-refractivity contribution is 0.0995. The maximum atomic E-state index is 11.0. The molecule has 1 atom stereocenters. The lowest BCUT2D eigenvalue weighted by atomic mass is 9.95. The van der Waals surface area contributed by atoms with Crippen LogP contribution in [0.15, 0.2) is 18.3 Å². The summed E-state index contributed by atoms with van der Waals surface area (Å²) in [6.45, 7) is 2.67. The van der Waals surface area contributed by atoms with E-state index in [-0.39, 0.29) is 11.2 Å². The van der Waals surface area contributed by atoms with E-state index >= 15 is 0 Å². The van der Waals surface area contributed by atoms with Gasteiger partial charge in [-0.1, -0.05) is 0 Å². The molecular weight excluding hydrogens is 216 g/mol. The Morgan fingerprint density at radius 3 is 2.88 bits per heavy atom. The van der Waals surface area contributed by atoms with E-state index in [1.54, 1.807) is 12.3 Å². The molecule has 1 aliphatic carbocycles.